The van der Waals surface area contributed by atoms with E-state index in [1.54, 1.807) is 17.0 Å². The van der Waals surface area contributed by atoms with Crippen molar-refractivity contribution in [1.82, 2.24) is 25.4 Å². The smallest absolute Gasteiger partial charge is 0.244 e. The number of carbonyl (C=O) groups excluding carboxylic acids is 2. The third-order valence-electron chi connectivity index (χ3n) is 5.16. The first-order valence-corrected chi connectivity index (χ1v) is 9.71. The highest BCUT2D eigenvalue weighted by atomic mass is 16.2. The van der Waals surface area contributed by atoms with E-state index in [-0.39, 0.29) is 29.8 Å². The lowest BCUT2D eigenvalue weighted by molar-refractivity contribution is -0.126. The Labute approximate surface area is 165 Å². The molecule has 1 fully saturated rings. The number of aromatic nitrogens is 3. The Morgan fingerprint density at radius 2 is 1.89 bits per heavy atom. The van der Waals surface area contributed by atoms with Crippen molar-refractivity contribution < 1.29 is 9.59 Å². The van der Waals surface area contributed by atoms with Crippen LogP contribution in [-0.4, -0.2) is 32.6 Å². The molecular weight excluding hydrogens is 354 g/mol. The molecule has 0 bridgehead atoms. The second-order valence-electron chi connectivity index (χ2n) is 7.33. The number of nitrogens with zero attached hydrogens (tertiary/aromatic N) is 3. The van der Waals surface area contributed by atoms with Crippen LogP contribution in [0.1, 0.15) is 50.0 Å². The highest BCUT2D eigenvalue weighted by molar-refractivity contribution is 5.91. The molecular formula is C21H27N5O2. The van der Waals surface area contributed by atoms with Gasteiger partial charge in [0.1, 0.15) is 6.33 Å². The number of hydrogen-bond acceptors (Lipinski definition) is 4. The summed E-state index contributed by atoms with van der Waals surface area (Å²) in [6.07, 6.45) is 8.15. The van der Waals surface area contributed by atoms with Crippen molar-refractivity contribution in [2.75, 3.05) is 0 Å². The maximum atomic E-state index is 12.5. The minimum absolute atomic E-state index is 0.0244. The van der Waals surface area contributed by atoms with Gasteiger partial charge in [0.15, 0.2) is 5.82 Å². The molecule has 7 nitrogen and oxygen atoms in total. The molecule has 7 heteroatoms. The Morgan fingerprint density at radius 3 is 2.54 bits per heavy atom. The van der Waals surface area contributed by atoms with Gasteiger partial charge in [-0.2, -0.15) is 0 Å². The summed E-state index contributed by atoms with van der Waals surface area (Å²) in [5.41, 5.74) is 0.995. The normalized spacial score (nSPS) is 20.6. The van der Waals surface area contributed by atoms with Gasteiger partial charge in [-0.15, -0.1) is 10.2 Å². The van der Waals surface area contributed by atoms with Crippen LogP contribution in [0.3, 0.4) is 0 Å². The average Bonchev–Trinajstić information content (AvgIpc) is 3.14. The lowest BCUT2D eigenvalue weighted by atomic mass is 9.85. The fraction of sp³-hybridized carbons (Fsp3) is 0.429. The predicted molar refractivity (Wildman–Crippen MR) is 107 cm³/mol. The van der Waals surface area contributed by atoms with Gasteiger partial charge in [-0.25, -0.2) is 0 Å². The summed E-state index contributed by atoms with van der Waals surface area (Å²) in [6.45, 7) is 1.91. The third-order valence-corrected chi connectivity index (χ3v) is 5.16. The van der Waals surface area contributed by atoms with Gasteiger partial charge in [-0.3, -0.25) is 9.59 Å². The molecule has 0 spiro atoms. The van der Waals surface area contributed by atoms with Crippen LogP contribution in [0.25, 0.3) is 6.08 Å². The van der Waals surface area contributed by atoms with Crippen LogP contribution in [0.2, 0.25) is 0 Å². The minimum atomic E-state index is -0.180. The Balaban J connectivity index is 1.42. The second-order valence-corrected chi connectivity index (χ2v) is 7.33. The van der Waals surface area contributed by atoms with Crippen LogP contribution in [0, 0.1) is 5.92 Å². The maximum absolute atomic E-state index is 12.5. The Hall–Kier alpha value is -2.96. The molecule has 1 aromatic carbocycles. The van der Waals surface area contributed by atoms with E-state index < -0.39 is 0 Å². The van der Waals surface area contributed by atoms with Crippen molar-refractivity contribution in [3.8, 4) is 0 Å². The summed E-state index contributed by atoms with van der Waals surface area (Å²) in [5.74, 6) is 0.667. The quantitative estimate of drug-likeness (QED) is 0.752. The van der Waals surface area contributed by atoms with Crippen LogP contribution in [0.15, 0.2) is 42.7 Å². The van der Waals surface area contributed by atoms with Crippen molar-refractivity contribution >= 4 is 17.9 Å². The van der Waals surface area contributed by atoms with Crippen LogP contribution < -0.4 is 10.6 Å². The van der Waals surface area contributed by atoms with E-state index in [2.05, 4.69) is 20.8 Å². The summed E-state index contributed by atoms with van der Waals surface area (Å²) < 4.78 is 1.81. The van der Waals surface area contributed by atoms with E-state index >= 15 is 0 Å². The van der Waals surface area contributed by atoms with E-state index in [1.807, 2.05) is 50.4 Å². The summed E-state index contributed by atoms with van der Waals surface area (Å²) in [6, 6.07) is 9.67. The molecule has 1 aliphatic rings. The van der Waals surface area contributed by atoms with Crippen molar-refractivity contribution in [1.29, 1.82) is 0 Å². The van der Waals surface area contributed by atoms with Gasteiger partial charge in [0, 0.05) is 25.1 Å². The standard InChI is InChI=1S/C21H27N5O2/c1-15(20-25-22-14-26(20)2)23-21(28)17-9-11-18(12-10-17)24-19(27)13-8-16-6-4-3-5-7-16/h3-8,13-15,17-18H,9-12H2,1-2H3,(H,23,28)(H,24,27). The van der Waals surface area contributed by atoms with Crippen molar-refractivity contribution in [2.24, 2.45) is 13.0 Å². The fourth-order valence-electron chi connectivity index (χ4n) is 3.57. The molecule has 2 amide bonds. The van der Waals surface area contributed by atoms with Crippen LogP contribution in [0.5, 0.6) is 0 Å². The summed E-state index contributed by atoms with van der Waals surface area (Å²) in [4.78, 5) is 24.7. The van der Waals surface area contributed by atoms with Crippen LogP contribution >= 0.6 is 0 Å². The molecule has 1 aliphatic carbocycles. The van der Waals surface area contributed by atoms with E-state index in [9.17, 15) is 9.59 Å². The highest BCUT2D eigenvalue weighted by Gasteiger charge is 2.28. The molecule has 2 aromatic rings. The van der Waals surface area contributed by atoms with E-state index in [0.29, 0.717) is 0 Å². The number of benzene rings is 1. The molecule has 3 rings (SSSR count). The molecule has 1 aromatic heterocycles. The number of rotatable bonds is 6. The van der Waals surface area contributed by atoms with Crippen molar-refractivity contribution in [2.45, 2.75) is 44.7 Å². The molecule has 148 valence electrons. The van der Waals surface area contributed by atoms with Crippen LogP contribution in [0.4, 0.5) is 0 Å². The van der Waals surface area contributed by atoms with Gasteiger partial charge >= 0.3 is 0 Å². The van der Waals surface area contributed by atoms with Gasteiger partial charge in [0.2, 0.25) is 11.8 Å². The first-order chi connectivity index (χ1) is 13.5. The molecule has 1 heterocycles. The topological polar surface area (TPSA) is 88.9 Å². The van der Waals surface area contributed by atoms with Crippen molar-refractivity contribution in [3.05, 3.63) is 54.1 Å². The summed E-state index contributed by atoms with van der Waals surface area (Å²) in [5, 5.41) is 14.0. The summed E-state index contributed by atoms with van der Waals surface area (Å²) >= 11 is 0. The lowest BCUT2D eigenvalue weighted by Crippen LogP contribution is -2.41. The monoisotopic (exact) mass is 381 g/mol. The Kier molecular flexibility index (Phi) is 6.57. The SMILES string of the molecule is CC(NC(=O)C1CCC(NC(=O)C=Cc2ccccc2)CC1)c1nncn1C. The zero-order chi connectivity index (χ0) is 19.9. The van der Waals surface area contributed by atoms with Gasteiger partial charge in [0.25, 0.3) is 0 Å². The van der Waals surface area contributed by atoms with Gasteiger partial charge in [0.05, 0.1) is 6.04 Å². The number of carbonyl (C=O) groups is 2. The van der Waals surface area contributed by atoms with E-state index in [1.165, 1.54) is 0 Å². The maximum Gasteiger partial charge on any atom is 0.244 e. The second kappa shape index (κ2) is 9.30. The molecule has 0 aliphatic heterocycles. The average molecular weight is 381 g/mol. The molecule has 0 saturated heterocycles. The molecule has 0 radical (unpaired) electrons. The Bertz CT molecular complexity index is 822. The highest BCUT2D eigenvalue weighted by Crippen LogP contribution is 2.25. The summed E-state index contributed by atoms with van der Waals surface area (Å²) in [7, 11) is 1.86. The van der Waals surface area contributed by atoms with Crippen LogP contribution in [-0.2, 0) is 16.6 Å². The Morgan fingerprint density at radius 1 is 1.18 bits per heavy atom. The first kappa shape index (κ1) is 19.8. The number of aryl methyl sites for hydroxylation is 1. The first-order valence-electron chi connectivity index (χ1n) is 9.71. The minimum Gasteiger partial charge on any atom is -0.350 e. The largest absolute Gasteiger partial charge is 0.350 e. The van der Waals surface area contributed by atoms with E-state index in [4.69, 9.17) is 0 Å². The van der Waals surface area contributed by atoms with Gasteiger partial charge in [-0.05, 0) is 44.2 Å². The number of hydrogen-bond donors (Lipinski definition) is 2. The van der Waals surface area contributed by atoms with Gasteiger partial charge in [-0.1, -0.05) is 30.3 Å². The zero-order valence-electron chi connectivity index (χ0n) is 16.3. The van der Waals surface area contributed by atoms with Gasteiger partial charge < -0.3 is 15.2 Å². The molecule has 2 N–H and O–H groups in total. The number of nitrogens with one attached hydrogen (secondary N) is 2. The fourth-order valence-corrected chi connectivity index (χ4v) is 3.57. The third kappa shape index (κ3) is 5.28. The zero-order valence-corrected chi connectivity index (χ0v) is 16.3. The molecule has 1 saturated carbocycles. The predicted octanol–water partition coefficient (Wildman–Crippen LogP) is 2.38. The molecule has 1 unspecified atom stereocenters. The van der Waals surface area contributed by atoms with Crippen molar-refractivity contribution in [3.63, 3.8) is 0 Å². The van der Waals surface area contributed by atoms with E-state index in [0.717, 1.165) is 37.1 Å². The number of amides is 2. The molecule has 28 heavy (non-hydrogen) atoms. The molecule has 1 atom stereocenters. The lowest BCUT2D eigenvalue weighted by Gasteiger charge is -2.28.